The fraction of sp³-hybridized carbons (Fsp3) is 0.296. The Morgan fingerprint density at radius 1 is 1.33 bits per heavy atom. The second-order valence-electron chi connectivity index (χ2n) is 8.87. The van der Waals surface area contributed by atoms with E-state index in [2.05, 4.69) is 10.3 Å². The van der Waals surface area contributed by atoms with E-state index in [1.54, 1.807) is 32.4 Å². The number of rotatable bonds is 2. The fourth-order valence-electron chi connectivity index (χ4n) is 4.39. The Hall–Kier alpha value is -4.14. The van der Waals surface area contributed by atoms with Crippen LogP contribution in [0, 0.1) is 5.82 Å². The third-order valence-corrected chi connectivity index (χ3v) is 6.15. The Morgan fingerprint density at radius 2 is 2.11 bits per heavy atom. The maximum Gasteiger partial charge on any atom is 0.269 e. The molecule has 5 N–H and O–H groups in total. The average Bonchev–Trinajstić information content (AvgIpc) is 2.86. The molecule has 36 heavy (non-hydrogen) atoms. The van der Waals surface area contributed by atoms with Crippen LogP contribution in [0.4, 0.5) is 10.2 Å². The standard InChI is InChI=1S/C27H31FN6O2/c1-5-31-25-17-12-22(26(30)33-14-17)36-15(2)20-13-18(28)8-9-19(20)24-16(7-6-10-32-24)11-21(25)23(29)27(35)34(3)4/h6-9,12-15,32H,5,10-11,29H2,1-4H3,(H2,30,33)/b23-21-,31-25?. The summed E-state index contributed by atoms with van der Waals surface area (Å²) in [7, 11) is 3.30. The molecule has 2 bridgehead atoms. The molecule has 1 aromatic heterocycles. The van der Waals surface area contributed by atoms with Gasteiger partial charge in [-0.25, -0.2) is 9.37 Å². The van der Waals surface area contributed by atoms with Gasteiger partial charge in [0.25, 0.3) is 5.91 Å². The van der Waals surface area contributed by atoms with Crippen molar-refractivity contribution in [3.05, 3.63) is 82.0 Å². The smallest absolute Gasteiger partial charge is 0.269 e. The normalized spacial score (nSPS) is 19.8. The van der Waals surface area contributed by atoms with Crippen molar-refractivity contribution in [1.29, 1.82) is 0 Å². The van der Waals surface area contributed by atoms with Gasteiger partial charge < -0.3 is 26.4 Å². The van der Waals surface area contributed by atoms with E-state index in [1.807, 2.05) is 26.0 Å². The average molecular weight is 491 g/mol. The minimum absolute atomic E-state index is 0.0853. The lowest BCUT2D eigenvalue weighted by atomic mass is 9.89. The molecule has 2 aromatic rings. The van der Waals surface area contributed by atoms with Crippen LogP contribution in [0.2, 0.25) is 0 Å². The summed E-state index contributed by atoms with van der Waals surface area (Å²) in [5.74, 6) is -0.171. The zero-order valence-corrected chi connectivity index (χ0v) is 20.9. The number of hydrogen-bond acceptors (Lipinski definition) is 7. The number of nitrogens with zero attached hydrogens (tertiary/aromatic N) is 3. The molecule has 188 valence electrons. The molecule has 0 saturated carbocycles. The van der Waals surface area contributed by atoms with E-state index >= 15 is 0 Å². The van der Waals surface area contributed by atoms with Gasteiger partial charge in [-0.2, -0.15) is 0 Å². The number of hydrogen-bond donors (Lipinski definition) is 3. The number of carbonyl (C=O) groups is 1. The Morgan fingerprint density at radius 3 is 2.83 bits per heavy atom. The summed E-state index contributed by atoms with van der Waals surface area (Å²) < 4.78 is 20.6. The Labute approximate surface area is 210 Å². The fourth-order valence-corrected chi connectivity index (χ4v) is 4.39. The minimum Gasteiger partial charge on any atom is -0.482 e. The number of nitrogens with two attached hydrogens (primary N) is 2. The van der Waals surface area contributed by atoms with E-state index in [4.69, 9.17) is 21.2 Å². The molecule has 9 heteroatoms. The van der Waals surface area contributed by atoms with Gasteiger partial charge in [0.2, 0.25) is 0 Å². The quantitative estimate of drug-likeness (QED) is 0.556. The van der Waals surface area contributed by atoms with Gasteiger partial charge >= 0.3 is 0 Å². The number of likely N-dealkylation sites (N-methyl/N-ethyl adjacent to an activating group) is 1. The lowest BCUT2D eigenvalue weighted by molar-refractivity contribution is -0.124. The van der Waals surface area contributed by atoms with Gasteiger partial charge in [-0.3, -0.25) is 9.79 Å². The summed E-state index contributed by atoms with van der Waals surface area (Å²) in [6, 6.07) is 6.36. The van der Waals surface area contributed by atoms with Crippen LogP contribution in [0.3, 0.4) is 0 Å². The monoisotopic (exact) mass is 490 g/mol. The number of nitrogen functional groups attached to an aromatic ring is 1. The molecule has 1 atom stereocenters. The molecule has 0 spiro atoms. The lowest BCUT2D eigenvalue weighted by Crippen LogP contribution is -2.31. The molecule has 0 radical (unpaired) electrons. The first-order valence-electron chi connectivity index (χ1n) is 11.8. The topological polar surface area (TPSA) is 119 Å². The lowest BCUT2D eigenvalue weighted by Gasteiger charge is -2.26. The molecular weight excluding hydrogens is 459 g/mol. The van der Waals surface area contributed by atoms with Gasteiger partial charge in [0.1, 0.15) is 17.6 Å². The number of carbonyl (C=O) groups excluding carboxylic acids is 1. The molecule has 0 saturated heterocycles. The van der Waals surface area contributed by atoms with E-state index in [9.17, 15) is 9.18 Å². The number of benzene rings is 1. The van der Waals surface area contributed by atoms with E-state index < -0.39 is 6.10 Å². The van der Waals surface area contributed by atoms with Gasteiger partial charge in [0.05, 0.1) is 5.71 Å². The van der Waals surface area contributed by atoms with Crippen LogP contribution in [-0.2, 0) is 4.79 Å². The molecule has 1 unspecified atom stereocenters. The summed E-state index contributed by atoms with van der Waals surface area (Å²) in [6.07, 6.45) is 5.38. The molecule has 3 heterocycles. The van der Waals surface area contributed by atoms with Crippen molar-refractivity contribution in [3.8, 4) is 5.75 Å². The van der Waals surface area contributed by atoms with Crippen LogP contribution in [0.25, 0.3) is 5.70 Å². The van der Waals surface area contributed by atoms with Crippen LogP contribution >= 0.6 is 0 Å². The minimum atomic E-state index is -0.530. The van der Waals surface area contributed by atoms with E-state index in [1.165, 1.54) is 17.0 Å². The predicted octanol–water partition coefficient (Wildman–Crippen LogP) is 3.33. The van der Waals surface area contributed by atoms with Crippen LogP contribution in [0.5, 0.6) is 5.75 Å². The summed E-state index contributed by atoms with van der Waals surface area (Å²) in [5.41, 5.74) is 17.6. The van der Waals surface area contributed by atoms with E-state index in [0.717, 1.165) is 16.8 Å². The van der Waals surface area contributed by atoms with Crippen molar-refractivity contribution >= 4 is 23.1 Å². The molecular formula is C27H31FN6O2. The number of anilines is 1. The van der Waals surface area contributed by atoms with Gasteiger partial charge in [0, 0.05) is 67.8 Å². The van der Waals surface area contributed by atoms with Crippen LogP contribution in [-0.4, -0.2) is 48.7 Å². The summed E-state index contributed by atoms with van der Waals surface area (Å²) in [5, 5.41) is 3.43. The summed E-state index contributed by atoms with van der Waals surface area (Å²) >= 11 is 0. The Bertz CT molecular complexity index is 1330. The van der Waals surface area contributed by atoms with Gasteiger partial charge in [-0.15, -0.1) is 0 Å². The molecule has 1 aromatic carbocycles. The number of amides is 1. The van der Waals surface area contributed by atoms with Crippen molar-refractivity contribution in [2.75, 3.05) is 32.9 Å². The number of halogens is 1. The number of ether oxygens (including phenoxy) is 1. The second-order valence-corrected chi connectivity index (χ2v) is 8.87. The summed E-state index contributed by atoms with van der Waals surface area (Å²) in [4.78, 5) is 23.5. The van der Waals surface area contributed by atoms with Crippen LogP contribution in [0.1, 0.15) is 43.1 Å². The highest BCUT2D eigenvalue weighted by Crippen LogP contribution is 2.36. The molecule has 1 amide bonds. The third kappa shape index (κ3) is 4.82. The Balaban J connectivity index is 2.07. The molecule has 0 aliphatic carbocycles. The van der Waals surface area contributed by atoms with Crippen LogP contribution < -0.4 is 21.5 Å². The highest BCUT2D eigenvalue weighted by atomic mass is 19.1. The van der Waals surface area contributed by atoms with Crippen molar-refractivity contribution in [2.24, 2.45) is 10.7 Å². The molecule has 2 aliphatic rings. The number of dihydropyridines is 1. The zero-order chi connectivity index (χ0) is 26.0. The molecule has 8 nitrogen and oxygen atoms in total. The SMILES string of the molecule is CCN=C1/C(=C(\N)C(=O)N(C)C)CC2=C(NCC=C2)c2ccc(F)cc2C(C)Oc2cc1cnc2N. The van der Waals surface area contributed by atoms with Crippen LogP contribution in [0.15, 0.2) is 64.5 Å². The summed E-state index contributed by atoms with van der Waals surface area (Å²) in [6.45, 7) is 4.81. The first-order chi connectivity index (χ1) is 17.2. The van der Waals surface area contributed by atoms with Gasteiger partial charge in [0.15, 0.2) is 11.6 Å². The van der Waals surface area contributed by atoms with E-state index in [0.29, 0.717) is 47.7 Å². The Kier molecular flexibility index (Phi) is 7.10. The predicted molar refractivity (Wildman–Crippen MR) is 140 cm³/mol. The van der Waals surface area contributed by atoms with Crippen molar-refractivity contribution < 1.29 is 13.9 Å². The maximum atomic E-state index is 14.4. The number of aromatic nitrogens is 1. The van der Waals surface area contributed by atoms with E-state index in [-0.39, 0.29) is 23.2 Å². The first-order valence-corrected chi connectivity index (χ1v) is 11.8. The highest BCUT2D eigenvalue weighted by molar-refractivity contribution is 6.17. The van der Waals surface area contributed by atoms with Gasteiger partial charge in [-0.1, -0.05) is 12.2 Å². The van der Waals surface area contributed by atoms with Crippen molar-refractivity contribution in [1.82, 2.24) is 15.2 Å². The molecule has 4 rings (SSSR count). The molecule has 0 fully saturated rings. The van der Waals surface area contributed by atoms with Crippen molar-refractivity contribution in [2.45, 2.75) is 26.4 Å². The third-order valence-electron chi connectivity index (χ3n) is 6.15. The zero-order valence-electron chi connectivity index (χ0n) is 20.9. The first kappa shape index (κ1) is 25.0. The number of pyridine rings is 1. The number of aliphatic imine (C=N–C) groups is 1. The maximum absolute atomic E-state index is 14.4. The van der Waals surface area contributed by atoms with Crippen molar-refractivity contribution in [3.63, 3.8) is 0 Å². The largest absolute Gasteiger partial charge is 0.482 e. The number of allylic oxidation sites excluding steroid dienone is 3. The second kappa shape index (κ2) is 10.2. The van der Waals surface area contributed by atoms with Gasteiger partial charge in [-0.05, 0) is 43.7 Å². The molecule has 2 aliphatic heterocycles. The number of nitrogens with one attached hydrogen (secondary N) is 1. The number of fused-ring (bicyclic) bond motifs is 4. The highest BCUT2D eigenvalue weighted by Gasteiger charge is 2.26.